The first-order valence-electron chi connectivity index (χ1n) is 15.5. The molecule has 0 bridgehead atoms. The van der Waals surface area contributed by atoms with Crippen molar-refractivity contribution in [3.05, 3.63) is 47.7 Å². The minimum Gasteiger partial charge on any atom is -0.508 e. The highest BCUT2D eigenvalue weighted by atomic mass is 19.1. The van der Waals surface area contributed by atoms with Crippen LogP contribution in [0.5, 0.6) is 11.8 Å². The van der Waals surface area contributed by atoms with Crippen LogP contribution >= 0.6 is 0 Å². The van der Waals surface area contributed by atoms with Gasteiger partial charge in [0.05, 0.1) is 16.8 Å². The van der Waals surface area contributed by atoms with Crippen molar-refractivity contribution in [2.45, 2.75) is 57.2 Å². The summed E-state index contributed by atoms with van der Waals surface area (Å²) in [5.41, 5.74) is 5.62. The van der Waals surface area contributed by atoms with E-state index >= 15 is 4.39 Å². The van der Waals surface area contributed by atoms with Gasteiger partial charge in [0.15, 0.2) is 5.82 Å². The highest BCUT2D eigenvalue weighted by Gasteiger charge is 2.49. The van der Waals surface area contributed by atoms with Gasteiger partial charge in [0.2, 0.25) is 5.91 Å². The van der Waals surface area contributed by atoms with Crippen molar-refractivity contribution < 1.29 is 27.8 Å². The van der Waals surface area contributed by atoms with E-state index in [9.17, 15) is 18.7 Å². The van der Waals surface area contributed by atoms with Crippen LogP contribution in [0.1, 0.15) is 44.6 Å². The van der Waals surface area contributed by atoms with Crippen LogP contribution in [-0.4, -0.2) is 75.4 Å². The lowest BCUT2D eigenvalue weighted by Crippen LogP contribution is -2.43. The standard InChI is InChI=1S/C33H35F3N6O3/c1-2-22-25(35)7-6-18-11-21(43)12-23(26(18)22)28-27(36)29-24(14-38-28)31(41-9-3-5-19(15-41)30(37)44)40-32(39-29)45-17-33-8-4-10-42(33)16-20(34)13-33/h6-7,11-12,14,19-20,43H,2-5,8-10,13,15-17H2,1H3,(H2,37,44)/t19-,20?,33+/m1/s1. The highest BCUT2D eigenvalue weighted by molar-refractivity contribution is 6.01. The fraction of sp³-hybridized carbons (Fsp3) is 0.455. The summed E-state index contributed by atoms with van der Waals surface area (Å²) in [6.07, 6.45) is 4.25. The molecule has 0 aliphatic carbocycles. The van der Waals surface area contributed by atoms with Gasteiger partial charge in [0.1, 0.15) is 41.4 Å². The second-order valence-corrected chi connectivity index (χ2v) is 12.5. The Hall–Kier alpha value is -4.19. The van der Waals surface area contributed by atoms with Crippen LogP contribution < -0.4 is 15.4 Å². The lowest BCUT2D eigenvalue weighted by Gasteiger charge is -2.33. The number of amides is 1. The topological polar surface area (TPSA) is 118 Å². The fourth-order valence-electron chi connectivity index (χ4n) is 7.60. The number of carbonyl (C=O) groups excluding carboxylic acids is 1. The van der Waals surface area contributed by atoms with Crippen LogP contribution in [0.25, 0.3) is 32.9 Å². The number of rotatable bonds is 7. The summed E-state index contributed by atoms with van der Waals surface area (Å²) in [7, 11) is 0. The summed E-state index contributed by atoms with van der Waals surface area (Å²) in [4.78, 5) is 29.8. The Morgan fingerprint density at radius 3 is 2.82 bits per heavy atom. The molecule has 3 fully saturated rings. The molecule has 5 heterocycles. The summed E-state index contributed by atoms with van der Waals surface area (Å²) in [6, 6.07) is 5.68. The summed E-state index contributed by atoms with van der Waals surface area (Å²) >= 11 is 0. The zero-order valence-electron chi connectivity index (χ0n) is 25.0. The molecule has 2 aromatic carbocycles. The van der Waals surface area contributed by atoms with Crippen LogP contribution in [0.15, 0.2) is 30.5 Å². The normalized spacial score (nSPS) is 23.6. The first-order chi connectivity index (χ1) is 21.7. The Labute approximate surface area is 258 Å². The molecule has 0 radical (unpaired) electrons. The number of aryl methyl sites for hydroxylation is 1. The summed E-state index contributed by atoms with van der Waals surface area (Å²) in [6.45, 7) is 3.95. The molecule has 45 heavy (non-hydrogen) atoms. The first kappa shape index (κ1) is 29.5. The Morgan fingerprint density at radius 2 is 2.02 bits per heavy atom. The molecule has 4 aromatic rings. The van der Waals surface area contributed by atoms with Gasteiger partial charge in [0.25, 0.3) is 0 Å². The molecular weight excluding hydrogens is 585 g/mol. The highest BCUT2D eigenvalue weighted by Crippen LogP contribution is 2.42. The number of alkyl halides is 1. The number of nitrogens with zero attached hydrogens (tertiary/aromatic N) is 5. The molecule has 0 saturated carbocycles. The largest absolute Gasteiger partial charge is 0.508 e. The molecule has 0 spiro atoms. The van der Waals surface area contributed by atoms with E-state index in [-0.39, 0.29) is 35.1 Å². The second kappa shape index (κ2) is 11.3. The number of hydrogen-bond acceptors (Lipinski definition) is 8. The van der Waals surface area contributed by atoms with Crippen molar-refractivity contribution in [3.63, 3.8) is 0 Å². The number of fused-ring (bicyclic) bond motifs is 3. The van der Waals surface area contributed by atoms with Gasteiger partial charge in [-0.15, -0.1) is 0 Å². The third-order valence-electron chi connectivity index (χ3n) is 9.76. The van der Waals surface area contributed by atoms with E-state index in [4.69, 9.17) is 10.5 Å². The zero-order chi connectivity index (χ0) is 31.5. The first-order valence-corrected chi connectivity index (χ1v) is 15.5. The van der Waals surface area contributed by atoms with Gasteiger partial charge in [0, 0.05) is 37.8 Å². The average molecular weight is 621 g/mol. The Balaban J connectivity index is 1.38. The molecule has 1 amide bonds. The van der Waals surface area contributed by atoms with Gasteiger partial charge in [-0.2, -0.15) is 9.97 Å². The molecule has 236 valence electrons. The third-order valence-corrected chi connectivity index (χ3v) is 9.76. The lowest BCUT2D eigenvalue weighted by atomic mass is 9.94. The molecule has 3 aliphatic rings. The van der Waals surface area contributed by atoms with E-state index in [1.54, 1.807) is 13.0 Å². The molecule has 9 nitrogen and oxygen atoms in total. The number of anilines is 1. The molecule has 7 rings (SSSR count). The van der Waals surface area contributed by atoms with Crippen LogP contribution in [0, 0.1) is 17.6 Å². The molecular formula is C33H35F3N6O3. The molecule has 3 atom stereocenters. The second-order valence-electron chi connectivity index (χ2n) is 12.5. The minimum absolute atomic E-state index is 0.0669. The van der Waals surface area contributed by atoms with Crippen molar-refractivity contribution in [2.24, 2.45) is 11.7 Å². The van der Waals surface area contributed by atoms with Gasteiger partial charge in [-0.3, -0.25) is 14.7 Å². The van der Waals surface area contributed by atoms with Gasteiger partial charge in [-0.25, -0.2) is 13.2 Å². The molecule has 1 unspecified atom stereocenters. The third kappa shape index (κ3) is 5.08. The number of piperidine rings is 1. The molecule has 12 heteroatoms. The maximum absolute atomic E-state index is 16.8. The number of benzene rings is 2. The number of carbonyl (C=O) groups is 1. The number of phenolic OH excluding ortho intramolecular Hbond substituents is 1. The summed E-state index contributed by atoms with van der Waals surface area (Å²) in [5, 5.41) is 11.9. The Kier molecular flexibility index (Phi) is 7.42. The number of halogens is 3. The van der Waals surface area contributed by atoms with E-state index < -0.39 is 35.2 Å². The number of hydrogen-bond donors (Lipinski definition) is 2. The number of pyridine rings is 1. The maximum Gasteiger partial charge on any atom is 0.319 e. The Bertz CT molecular complexity index is 1820. The van der Waals surface area contributed by atoms with Gasteiger partial charge >= 0.3 is 6.01 Å². The number of ether oxygens (including phenoxy) is 1. The number of primary amides is 1. The molecule has 3 saturated heterocycles. The fourth-order valence-corrected chi connectivity index (χ4v) is 7.60. The minimum atomic E-state index is -0.942. The predicted molar refractivity (Wildman–Crippen MR) is 164 cm³/mol. The van der Waals surface area contributed by atoms with Gasteiger partial charge in [-0.1, -0.05) is 13.0 Å². The average Bonchev–Trinajstić information content (AvgIpc) is 3.55. The zero-order valence-corrected chi connectivity index (χ0v) is 25.0. The van der Waals surface area contributed by atoms with E-state index in [0.29, 0.717) is 72.9 Å². The van der Waals surface area contributed by atoms with E-state index in [2.05, 4.69) is 19.9 Å². The molecule has 3 N–H and O–H groups in total. The van der Waals surface area contributed by atoms with Crippen LogP contribution in [0.2, 0.25) is 0 Å². The smallest absolute Gasteiger partial charge is 0.319 e. The van der Waals surface area contributed by atoms with Crippen LogP contribution in [0.4, 0.5) is 19.0 Å². The van der Waals surface area contributed by atoms with Crippen LogP contribution in [0.3, 0.4) is 0 Å². The Morgan fingerprint density at radius 1 is 1.18 bits per heavy atom. The SMILES string of the molecule is CCc1c(F)ccc2cc(O)cc(-c3ncc4c(N5CCC[C@@H](C(N)=O)C5)nc(OC[C@@]56CCCN5CC(F)C6)nc4c3F)c12. The van der Waals surface area contributed by atoms with Gasteiger partial charge < -0.3 is 20.5 Å². The van der Waals surface area contributed by atoms with Gasteiger partial charge in [-0.05, 0) is 73.2 Å². The molecule has 2 aromatic heterocycles. The van der Waals surface area contributed by atoms with Crippen molar-refractivity contribution in [2.75, 3.05) is 37.7 Å². The summed E-state index contributed by atoms with van der Waals surface area (Å²) in [5.74, 6) is -1.80. The lowest BCUT2D eigenvalue weighted by molar-refractivity contribution is -0.122. The molecule has 3 aliphatic heterocycles. The monoisotopic (exact) mass is 620 g/mol. The summed E-state index contributed by atoms with van der Waals surface area (Å²) < 4.78 is 52.3. The maximum atomic E-state index is 16.8. The van der Waals surface area contributed by atoms with Crippen molar-refractivity contribution in [1.29, 1.82) is 0 Å². The quantitative estimate of drug-likeness (QED) is 0.295. The van der Waals surface area contributed by atoms with E-state index in [0.717, 1.165) is 19.4 Å². The number of aromatic hydroxyl groups is 1. The van der Waals surface area contributed by atoms with Crippen molar-refractivity contribution in [1.82, 2.24) is 19.9 Å². The number of nitrogens with two attached hydrogens (primary N) is 1. The van der Waals surface area contributed by atoms with Crippen molar-refractivity contribution >= 4 is 33.4 Å². The van der Waals surface area contributed by atoms with Crippen LogP contribution in [-0.2, 0) is 11.2 Å². The predicted octanol–water partition coefficient (Wildman–Crippen LogP) is 5.05. The van der Waals surface area contributed by atoms with E-state index in [1.165, 1.54) is 24.4 Å². The number of aromatic nitrogens is 3. The van der Waals surface area contributed by atoms with Crippen molar-refractivity contribution in [3.8, 4) is 23.0 Å². The van der Waals surface area contributed by atoms with E-state index in [1.807, 2.05) is 4.90 Å². The number of phenols is 1.